The van der Waals surface area contributed by atoms with Crippen molar-refractivity contribution in [3.8, 4) is 0 Å². The van der Waals surface area contributed by atoms with Gasteiger partial charge in [-0.3, -0.25) is 4.90 Å². The van der Waals surface area contributed by atoms with E-state index in [4.69, 9.17) is 10.5 Å². The molecule has 24 heavy (non-hydrogen) atoms. The maximum Gasteiger partial charge on any atom is 0.341 e. The van der Waals surface area contributed by atoms with Crippen molar-refractivity contribution in [3.05, 3.63) is 51.9 Å². The number of thiophene rings is 1. The van der Waals surface area contributed by atoms with Gasteiger partial charge in [-0.25, -0.2) is 4.79 Å². The third kappa shape index (κ3) is 3.79. The Morgan fingerprint density at radius 1 is 1.33 bits per heavy atom. The van der Waals surface area contributed by atoms with Gasteiger partial charge in [-0.15, -0.1) is 11.3 Å². The minimum atomic E-state index is -0.273. The van der Waals surface area contributed by atoms with Crippen LogP contribution in [0.15, 0.2) is 30.3 Å². The van der Waals surface area contributed by atoms with Crippen molar-refractivity contribution >= 4 is 22.3 Å². The highest BCUT2D eigenvalue weighted by molar-refractivity contribution is 7.16. The van der Waals surface area contributed by atoms with Crippen LogP contribution in [0, 0.1) is 0 Å². The first-order chi connectivity index (χ1) is 11.7. The fourth-order valence-electron chi connectivity index (χ4n) is 3.25. The van der Waals surface area contributed by atoms with Gasteiger partial charge in [0, 0.05) is 18.0 Å². The van der Waals surface area contributed by atoms with Gasteiger partial charge < -0.3 is 10.5 Å². The molecule has 3 rings (SSSR count). The summed E-state index contributed by atoms with van der Waals surface area (Å²) in [4.78, 5) is 15.8. The zero-order valence-electron chi connectivity index (χ0n) is 14.1. The second-order valence-corrected chi connectivity index (χ2v) is 7.22. The molecular formula is C19H24N2O2S. The van der Waals surface area contributed by atoms with E-state index < -0.39 is 0 Å². The van der Waals surface area contributed by atoms with E-state index in [-0.39, 0.29) is 5.97 Å². The van der Waals surface area contributed by atoms with Crippen LogP contribution in [0.4, 0.5) is 5.00 Å². The molecule has 0 aliphatic carbocycles. The Labute approximate surface area is 147 Å². The second kappa shape index (κ2) is 7.81. The van der Waals surface area contributed by atoms with E-state index in [1.165, 1.54) is 21.8 Å². The van der Waals surface area contributed by atoms with E-state index in [9.17, 15) is 4.79 Å². The normalized spacial score (nSPS) is 14.4. The Kier molecular flexibility index (Phi) is 5.53. The summed E-state index contributed by atoms with van der Waals surface area (Å²) in [5, 5.41) is 0.601. The van der Waals surface area contributed by atoms with Gasteiger partial charge in [0.1, 0.15) is 5.00 Å². The van der Waals surface area contributed by atoms with Gasteiger partial charge in [0.15, 0.2) is 0 Å². The van der Waals surface area contributed by atoms with E-state index in [2.05, 4.69) is 35.2 Å². The molecular weight excluding hydrogens is 320 g/mol. The molecule has 2 aromatic rings. The minimum Gasteiger partial charge on any atom is -0.462 e. The zero-order chi connectivity index (χ0) is 16.9. The summed E-state index contributed by atoms with van der Waals surface area (Å²) in [5.41, 5.74) is 9.18. The van der Waals surface area contributed by atoms with Gasteiger partial charge in [-0.1, -0.05) is 30.3 Å². The predicted molar refractivity (Wildman–Crippen MR) is 98.4 cm³/mol. The number of rotatable bonds is 6. The predicted octanol–water partition coefficient (Wildman–Crippen LogP) is 3.50. The number of nitrogens with zero attached hydrogens (tertiary/aromatic N) is 1. The van der Waals surface area contributed by atoms with Crippen LogP contribution < -0.4 is 5.73 Å². The van der Waals surface area contributed by atoms with Crippen molar-refractivity contribution < 1.29 is 9.53 Å². The molecule has 2 N–H and O–H groups in total. The highest BCUT2D eigenvalue weighted by Gasteiger charge is 2.27. The smallest absolute Gasteiger partial charge is 0.341 e. The van der Waals surface area contributed by atoms with Gasteiger partial charge in [0.05, 0.1) is 12.2 Å². The fourth-order valence-corrected chi connectivity index (χ4v) is 4.40. The standard InChI is InChI=1S/C19H24N2O2S/c1-2-23-19(22)17-15-10-12-21(13-16(15)24-18(17)20)11-6-9-14-7-4-3-5-8-14/h3-5,7-8H,2,6,9-13,20H2,1H3. The molecule has 1 aliphatic rings. The molecule has 0 saturated carbocycles. The summed E-state index contributed by atoms with van der Waals surface area (Å²) in [6, 6.07) is 10.6. The van der Waals surface area contributed by atoms with E-state index in [0.717, 1.165) is 44.5 Å². The van der Waals surface area contributed by atoms with Crippen LogP contribution in [0.25, 0.3) is 0 Å². The molecule has 0 spiro atoms. The van der Waals surface area contributed by atoms with E-state index in [1.54, 1.807) is 0 Å². The van der Waals surface area contributed by atoms with Crippen LogP contribution in [0.5, 0.6) is 0 Å². The van der Waals surface area contributed by atoms with Crippen LogP contribution in [0.2, 0.25) is 0 Å². The van der Waals surface area contributed by atoms with Crippen molar-refractivity contribution in [3.63, 3.8) is 0 Å². The molecule has 0 amide bonds. The molecule has 1 aliphatic heterocycles. The Hall–Kier alpha value is -1.85. The summed E-state index contributed by atoms with van der Waals surface area (Å²) in [5.74, 6) is -0.273. The van der Waals surface area contributed by atoms with Gasteiger partial charge >= 0.3 is 5.97 Å². The topological polar surface area (TPSA) is 55.6 Å². The van der Waals surface area contributed by atoms with E-state index in [0.29, 0.717) is 17.2 Å². The Morgan fingerprint density at radius 3 is 2.88 bits per heavy atom. The number of carbonyl (C=O) groups excluding carboxylic acids is 1. The number of ether oxygens (including phenoxy) is 1. The van der Waals surface area contributed by atoms with E-state index >= 15 is 0 Å². The van der Waals surface area contributed by atoms with Crippen LogP contribution in [-0.2, 0) is 24.1 Å². The number of carbonyl (C=O) groups is 1. The number of hydrogen-bond donors (Lipinski definition) is 1. The molecule has 0 radical (unpaired) electrons. The molecule has 1 aromatic carbocycles. The molecule has 0 bridgehead atoms. The molecule has 0 fully saturated rings. The number of esters is 1. The first kappa shape index (κ1) is 17.0. The molecule has 0 unspecified atom stereocenters. The lowest BCUT2D eigenvalue weighted by Gasteiger charge is -2.27. The quantitative estimate of drug-likeness (QED) is 0.815. The lowest BCUT2D eigenvalue weighted by Crippen LogP contribution is -2.31. The lowest BCUT2D eigenvalue weighted by molar-refractivity contribution is 0.0526. The molecule has 0 atom stereocenters. The maximum atomic E-state index is 12.1. The lowest BCUT2D eigenvalue weighted by atomic mass is 10.0. The number of fused-ring (bicyclic) bond motifs is 1. The molecule has 2 heterocycles. The molecule has 5 heteroatoms. The highest BCUT2D eigenvalue weighted by atomic mass is 32.1. The first-order valence-corrected chi connectivity index (χ1v) is 9.34. The molecule has 128 valence electrons. The van der Waals surface area contributed by atoms with Crippen LogP contribution >= 0.6 is 11.3 Å². The SMILES string of the molecule is CCOC(=O)c1c(N)sc2c1CCN(CCCc1ccccc1)C2. The summed E-state index contributed by atoms with van der Waals surface area (Å²) in [7, 11) is 0. The van der Waals surface area contributed by atoms with Crippen molar-refractivity contribution in [2.75, 3.05) is 25.4 Å². The highest BCUT2D eigenvalue weighted by Crippen LogP contribution is 2.35. The summed E-state index contributed by atoms with van der Waals surface area (Å²) < 4.78 is 5.15. The fraction of sp³-hybridized carbons (Fsp3) is 0.421. The van der Waals surface area contributed by atoms with Crippen molar-refractivity contribution in [2.45, 2.75) is 32.7 Å². The van der Waals surface area contributed by atoms with Gasteiger partial charge in [0.2, 0.25) is 0 Å². The molecule has 4 nitrogen and oxygen atoms in total. The monoisotopic (exact) mass is 344 g/mol. The van der Waals surface area contributed by atoms with Gasteiger partial charge in [0.25, 0.3) is 0 Å². The third-order valence-corrected chi connectivity index (χ3v) is 5.47. The van der Waals surface area contributed by atoms with Crippen LogP contribution in [0.1, 0.15) is 39.7 Å². The third-order valence-electron chi connectivity index (χ3n) is 4.43. The number of hydrogen-bond acceptors (Lipinski definition) is 5. The number of aryl methyl sites for hydroxylation is 1. The van der Waals surface area contributed by atoms with Crippen LogP contribution in [0.3, 0.4) is 0 Å². The number of nitrogens with two attached hydrogens (primary N) is 1. The summed E-state index contributed by atoms with van der Waals surface area (Å²) >= 11 is 1.54. The van der Waals surface area contributed by atoms with Crippen LogP contribution in [-0.4, -0.2) is 30.6 Å². The number of nitrogen functional groups attached to an aromatic ring is 1. The average molecular weight is 344 g/mol. The summed E-state index contributed by atoms with van der Waals surface area (Å²) in [6.07, 6.45) is 3.12. The van der Waals surface area contributed by atoms with E-state index in [1.807, 2.05) is 6.92 Å². The Balaban J connectivity index is 1.59. The van der Waals surface area contributed by atoms with Gasteiger partial charge in [-0.2, -0.15) is 0 Å². The second-order valence-electron chi connectivity index (χ2n) is 6.08. The first-order valence-electron chi connectivity index (χ1n) is 8.52. The van der Waals surface area contributed by atoms with Gasteiger partial charge in [-0.05, 0) is 43.9 Å². The molecule has 0 saturated heterocycles. The minimum absolute atomic E-state index is 0.273. The number of anilines is 1. The Morgan fingerprint density at radius 2 is 2.12 bits per heavy atom. The number of benzene rings is 1. The molecule has 1 aromatic heterocycles. The largest absolute Gasteiger partial charge is 0.462 e. The average Bonchev–Trinajstić information content (AvgIpc) is 2.91. The zero-order valence-corrected chi connectivity index (χ0v) is 14.9. The van der Waals surface area contributed by atoms with Crippen molar-refractivity contribution in [2.24, 2.45) is 0 Å². The van der Waals surface area contributed by atoms with Crippen molar-refractivity contribution in [1.29, 1.82) is 0 Å². The van der Waals surface area contributed by atoms with Crippen molar-refractivity contribution in [1.82, 2.24) is 4.90 Å². The Bertz CT molecular complexity index is 697. The maximum absolute atomic E-state index is 12.1. The summed E-state index contributed by atoms with van der Waals surface area (Å²) in [6.45, 7) is 5.14.